The van der Waals surface area contributed by atoms with Crippen LogP contribution in [0, 0.1) is 6.92 Å². The molecule has 0 aliphatic heterocycles. The molecule has 0 atom stereocenters. The average molecular weight is 424 g/mol. The summed E-state index contributed by atoms with van der Waals surface area (Å²) < 4.78 is 10.5. The first-order valence-electron chi connectivity index (χ1n) is 9.39. The third-order valence-corrected chi connectivity index (χ3v) is 4.83. The first-order chi connectivity index (χ1) is 14.5. The number of methoxy groups -OCH3 is 1. The van der Waals surface area contributed by atoms with Crippen LogP contribution in [-0.4, -0.2) is 19.0 Å². The smallest absolute Gasteiger partial charge is 0.337 e. The zero-order valence-electron chi connectivity index (χ0n) is 16.8. The van der Waals surface area contributed by atoms with Gasteiger partial charge in [-0.1, -0.05) is 53.6 Å². The fourth-order valence-electron chi connectivity index (χ4n) is 2.89. The molecule has 3 rings (SSSR count). The Balaban J connectivity index is 1.62. The molecule has 0 radical (unpaired) electrons. The summed E-state index contributed by atoms with van der Waals surface area (Å²) in [5.41, 5.74) is 3.84. The number of aryl methyl sites for hydroxylation is 1. The van der Waals surface area contributed by atoms with Crippen LogP contribution in [-0.2, 0) is 17.9 Å². The molecule has 154 valence electrons. The van der Waals surface area contributed by atoms with Crippen molar-refractivity contribution < 1.29 is 19.1 Å². The van der Waals surface area contributed by atoms with Crippen LogP contribution in [0.2, 0.25) is 5.02 Å². The van der Waals surface area contributed by atoms with Crippen molar-refractivity contribution in [2.75, 3.05) is 7.11 Å². The van der Waals surface area contributed by atoms with Gasteiger partial charge >= 0.3 is 5.97 Å². The molecule has 1 N–H and O–H groups in total. The van der Waals surface area contributed by atoms with Gasteiger partial charge in [-0.2, -0.15) is 0 Å². The maximum absolute atomic E-state index is 12.6. The van der Waals surface area contributed by atoms with Crippen LogP contribution >= 0.6 is 11.6 Å². The number of carbonyl (C=O) groups is 2. The van der Waals surface area contributed by atoms with Crippen molar-refractivity contribution in [1.29, 1.82) is 0 Å². The highest BCUT2D eigenvalue weighted by molar-refractivity contribution is 6.33. The molecule has 3 aromatic rings. The van der Waals surface area contributed by atoms with E-state index in [1.807, 2.05) is 25.1 Å². The molecule has 6 heteroatoms. The zero-order chi connectivity index (χ0) is 21.5. The molecular formula is C24H22ClNO4. The maximum Gasteiger partial charge on any atom is 0.337 e. The number of carbonyl (C=O) groups excluding carboxylic acids is 2. The van der Waals surface area contributed by atoms with E-state index in [2.05, 4.69) is 16.1 Å². The molecule has 0 saturated carbocycles. The molecular weight excluding hydrogens is 402 g/mol. The summed E-state index contributed by atoms with van der Waals surface area (Å²) >= 11 is 6.21. The van der Waals surface area contributed by atoms with Gasteiger partial charge in [0.05, 0.1) is 23.3 Å². The number of esters is 1. The minimum Gasteiger partial charge on any atom is -0.489 e. The number of hydrogen-bond donors (Lipinski definition) is 1. The van der Waals surface area contributed by atoms with Gasteiger partial charge in [-0.3, -0.25) is 4.79 Å². The van der Waals surface area contributed by atoms with Gasteiger partial charge in [0.2, 0.25) is 0 Å². The Kier molecular flexibility index (Phi) is 7.09. The average Bonchev–Trinajstić information content (AvgIpc) is 2.76. The third-order valence-electron chi connectivity index (χ3n) is 4.50. The summed E-state index contributed by atoms with van der Waals surface area (Å²) in [6.45, 7) is 2.72. The first-order valence-corrected chi connectivity index (χ1v) is 9.77. The lowest BCUT2D eigenvalue weighted by atomic mass is 10.1. The lowest BCUT2D eigenvalue weighted by Crippen LogP contribution is -2.23. The maximum atomic E-state index is 12.6. The Hall–Kier alpha value is -3.31. The van der Waals surface area contributed by atoms with Crippen LogP contribution in [0.4, 0.5) is 0 Å². The van der Waals surface area contributed by atoms with E-state index >= 15 is 0 Å². The van der Waals surface area contributed by atoms with E-state index in [1.165, 1.54) is 7.11 Å². The number of benzene rings is 3. The highest BCUT2D eigenvalue weighted by Crippen LogP contribution is 2.23. The lowest BCUT2D eigenvalue weighted by molar-refractivity contribution is 0.0600. The van der Waals surface area contributed by atoms with Gasteiger partial charge in [-0.15, -0.1) is 0 Å². The first kappa shape index (κ1) is 21.4. The summed E-state index contributed by atoms with van der Waals surface area (Å²) in [4.78, 5) is 24.1. The van der Waals surface area contributed by atoms with E-state index in [0.29, 0.717) is 35.1 Å². The second-order valence-corrected chi connectivity index (χ2v) is 7.20. The van der Waals surface area contributed by atoms with Crippen molar-refractivity contribution in [2.24, 2.45) is 0 Å². The molecule has 0 saturated heterocycles. The fourth-order valence-corrected chi connectivity index (χ4v) is 3.09. The minimum absolute atomic E-state index is 0.297. The molecule has 0 bridgehead atoms. The number of hydrogen-bond acceptors (Lipinski definition) is 4. The Morgan fingerprint density at radius 1 is 0.967 bits per heavy atom. The van der Waals surface area contributed by atoms with Gasteiger partial charge in [0.15, 0.2) is 0 Å². The van der Waals surface area contributed by atoms with Crippen LogP contribution in [0.3, 0.4) is 0 Å². The molecule has 0 spiro atoms. The standard InChI is InChI=1S/C24H22ClNO4/c1-16-4-3-5-18(12-16)15-30-20-10-11-22(25)21(13-20)23(27)26-14-17-6-8-19(9-7-17)24(28)29-2/h3-13H,14-15H2,1-2H3,(H,26,27). The highest BCUT2D eigenvalue weighted by atomic mass is 35.5. The predicted octanol–water partition coefficient (Wildman–Crippen LogP) is 4.94. The van der Waals surface area contributed by atoms with E-state index in [0.717, 1.165) is 16.7 Å². The van der Waals surface area contributed by atoms with E-state index in [1.54, 1.807) is 42.5 Å². The second kappa shape index (κ2) is 9.94. The Labute approximate surface area is 180 Å². The summed E-state index contributed by atoms with van der Waals surface area (Å²) in [6, 6.07) is 19.9. The number of halogens is 1. The summed E-state index contributed by atoms with van der Waals surface area (Å²) in [5, 5.41) is 3.18. The quantitative estimate of drug-likeness (QED) is 0.546. The monoisotopic (exact) mass is 423 g/mol. The van der Waals surface area contributed by atoms with Gasteiger partial charge in [0.25, 0.3) is 5.91 Å². The largest absolute Gasteiger partial charge is 0.489 e. The van der Waals surface area contributed by atoms with Gasteiger partial charge in [0.1, 0.15) is 12.4 Å². The van der Waals surface area contributed by atoms with Crippen LogP contribution < -0.4 is 10.1 Å². The molecule has 30 heavy (non-hydrogen) atoms. The van der Waals surface area contributed by atoms with Crippen LogP contribution in [0.25, 0.3) is 0 Å². The second-order valence-electron chi connectivity index (χ2n) is 6.79. The van der Waals surface area contributed by atoms with Gasteiger partial charge in [0, 0.05) is 6.54 Å². The summed E-state index contributed by atoms with van der Waals surface area (Å²) in [5.74, 6) is -0.147. The Morgan fingerprint density at radius 3 is 2.43 bits per heavy atom. The van der Waals surface area contributed by atoms with Crippen molar-refractivity contribution in [3.8, 4) is 5.75 Å². The summed E-state index contributed by atoms with van der Waals surface area (Å²) in [6.07, 6.45) is 0. The molecule has 0 aliphatic carbocycles. The van der Waals surface area contributed by atoms with Crippen molar-refractivity contribution in [3.63, 3.8) is 0 Å². The van der Waals surface area contributed by atoms with E-state index in [-0.39, 0.29) is 5.91 Å². The molecule has 0 heterocycles. The molecule has 0 aliphatic rings. The van der Waals surface area contributed by atoms with E-state index in [9.17, 15) is 9.59 Å². The molecule has 5 nitrogen and oxygen atoms in total. The number of rotatable bonds is 7. The Morgan fingerprint density at radius 2 is 1.73 bits per heavy atom. The number of amides is 1. The lowest BCUT2D eigenvalue weighted by Gasteiger charge is -2.11. The van der Waals surface area contributed by atoms with Crippen molar-refractivity contribution in [3.05, 3.63) is 99.6 Å². The zero-order valence-corrected chi connectivity index (χ0v) is 17.5. The minimum atomic E-state index is -0.403. The van der Waals surface area contributed by atoms with Crippen molar-refractivity contribution in [2.45, 2.75) is 20.1 Å². The van der Waals surface area contributed by atoms with E-state index < -0.39 is 5.97 Å². The SMILES string of the molecule is COC(=O)c1ccc(CNC(=O)c2cc(OCc3cccc(C)c3)ccc2Cl)cc1. The number of nitrogens with one attached hydrogen (secondary N) is 1. The molecule has 0 fully saturated rings. The molecule has 0 aromatic heterocycles. The van der Waals surface area contributed by atoms with Gasteiger partial charge < -0.3 is 14.8 Å². The van der Waals surface area contributed by atoms with Gasteiger partial charge in [-0.05, 0) is 48.4 Å². The van der Waals surface area contributed by atoms with Crippen LogP contribution in [0.1, 0.15) is 37.4 Å². The fraction of sp³-hybridized carbons (Fsp3) is 0.167. The van der Waals surface area contributed by atoms with Crippen molar-refractivity contribution in [1.82, 2.24) is 5.32 Å². The van der Waals surface area contributed by atoms with Crippen molar-refractivity contribution >= 4 is 23.5 Å². The number of ether oxygens (including phenoxy) is 2. The third kappa shape index (κ3) is 5.61. The van der Waals surface area contributed by atoms with Crippen LogP contribution in [0.15, 0.2) is 66.7 Å². The molecule has 3 aromatic carbocycles. The normalized spacial score (nSPS) is 10.4. The van der Waals surface area contributed by atoms with Crippen LogP contribution in [0.5, 0.6) is 5.75 Å². The molecule has 0 unspecified atom stereocenters. The predicted molar refractivity (Wildman–Crippen MR) is 116 cm³/mol. The van der Waals surface area contributed by atoms with Gasteiger partial charge in [-0.25, -0.2) is 4.79 Å². The molecule has 1 amide bonds. The summed E-state index contributed by atoms with van der Waals surface area (Å²) in [7, 11) is 1.33. The topological polar surface area (TPSA) is 64.6 Å². The highest BCUT2D eigenvalue weighted by Gasteiger charge is 2.12. The Bertz CT molecular complexity index is 1050. The van der Waals surface area contributed by atoms with E-state index in [4.69, 9.17) is 16.3 Å².